The maximum atomic E-state index is 12.6. The van der Waals surface area contributed by atoms with Crippen LogP contribution in [0, 0.1) is 5.92 Å². The summed E-state index contributed by atoms with van der Waals surface area (Å²) < 4.78 is 0. The number of nitrogens with zero attached hydrogens (tertiary/aromatic N) is 3. The molecule has 1 amide bonds. The molecule has 3 heterocycles. The van der Waals surface area contributed by atoms with E-state index in [1.54, 1.807) is 6.20 Å². The first kappa shape index (κ1) is 19.3. The molecule has 0 radical (unpaired) electrons. The first-order valence-corrected chi connectivity index (χ1v) is 10.4. The second kappa shape index (κ2) is 10.0. The number of amides is 1. The molecule has 144 valence electrons. The van der Waals surface area contributed by atoms with Crippen LogP contribution in [0.2, 0.25) is 0 Å². The minimum absolute atomic E-state index is 0.130. The van der Waals surface area contributed by atoms with Gasteiger partial charge in [-0.2, -0.15) is 0 Å². The number of unbranched alkanes of at least 4 members (excludes halogenated alkanes) is 1. The van der Waals surface area contributed by atoms with Crippen molar-refractivity contribution in [3.8, 4) is 0 Å². The molecule has 1 N–H and O–H groups in total. The van der Waals surface area contributed by atoms with E-state index in [4.69, 9.17) is 0 Å². The Hall–Kier alpha value is -1.46. The molecule has 2 fully saturated rings. The van der Waals surface area contributed by atoms with Crippen molar-refractivity contribution in [2.24, 2.45) is 5.92 Å². The van der Waals surface area contributed by atoms with E-state index in [9.17, 15) is 4.79 Å². The Morgan fingerprint density at radius 3 is 2.81 bits per heavy atom. The molecule has 2 saturated heterocycles. The monoisotopic (exact) mass is 358 g/mol. The molecular formula is C21H34N4O. The maximum Gasteiger partial charge on any atom is 0.224 e. The summed E-state index contributed by atoms with van der Waals surface area (Å²) in [5.74, 6) is 0.325. The van der Waals surface area contributed by atoms with E-state index in [1.165, 1.54) is 45.3 Å². The van der Waals surface area contributed by atoms with Gasteiger partial charge in [0.15, 0.2) is 0 Å². The van der Waals surface area contributed by atoms with Crippen LogP contribution in [0.3, 0.4) is 0 Å². The van der Waals surface area contributed by atoms with Crippen LogP contribution in [0.1, 0.15) is 51.1 Å². The molecule has 0 bridgehead atoms. The summed E-state index contributed by atoms with van der Waals surface area (Å²) in [7, 11) is 0. The first-order chi connectivity index (χ1) is 12.8. The largest absolute Gasteiger partial charge is 0.350 e. The highest BCUT2D eigenvalue weighted by Gasteiger charge is 2.31. The molecule has 0 unspecified atom stereocenters. The summed E-state index contributed by atoms with van der Waals surface area (Å²) >= 11 is 0. The molecule has 3 rings (SSSR count). The Morgan fingerprint density at radius 1 is 1.23 bits per heavy atom. The molecule has 2 aliphatic heterocycles. The molecule has 0 saturated carbocycles. The van der Waals surface area contributed by atoms with E-state index < -0.39 is 0 Å². The molecule has 1 aromatic rings. The Labute approximate surface area is 158 Å². The van der Waals surface area contributed by atoms with Crippen LogP contribution in [0.25, 0.3) is 0 Å². The number of nitrogens with one attached hydrogen (secondary N) is 1. The Bertz CT molecular complexity index is 542. The van der Waals surface area contributed by atoms with E-state index in [0.717, 1.165) is 31.6 Å². The third-order valence-corrected chi connectivity index (χ3v) is 5.89. The third-order valence-electron chi connectivity index (χ3n) is 5.89. The zero-order chi connectivity index (χ0) is 18.2. The number of rotatable bonds is 7. The van der Waals surface area contributed by atoms with Gasteiger partial charge in [-0.05, 0) is 70.4 Å². The number of hydrogen-bond donors (Lipinski definition) is 1. The minimum atomic E-state index is 0.130. The van der Waals surface area contributed by atoms with Gasteiger partial charge in [-0.1, -0.05) is 19.4 Å². The van der Waals surface area contributed by atoms with Crippen LogP contribution in [0.4, 0.5) is 0 Å². The van der Waals surface area contributed by atoms with Crippen LogP contribution < -0.4 is 5.32 Å². The summed E-state index contributed by atoms with van der Waals surface area (Å²) in [6.45, 7) is 8.57. The fourth-order valence-corrected chi connectivity index (χ4v) is 4.27. The average molecular weight is 359 g/mol. The number of likely N-dealkylation sites (tertiary alicyclic amines) is 2. The van der Waals surface area contributed by atoms with Crippen molar-refractivity contribution in [1.82, 2.24) is 20.1 Å². The van der Waals surface area contributed by atoms with Crippen molar-refractivity contribution in [2.75, 3.05) is 32.7 Å². The lowest BCUT2D eigenvalue weighted by Crippen LogP contribution is -2.50. The van der Waals surface area contributed by atoms with Crippen molar-refractivity contribution in [3.05, 3.63) is 30.1 Å². The standard InChI is InChI=1S/C21H34N4O/c1-2-3-12-24-14-9-20(10-15-24)25-13-6-7-18(17-25)21(26)23-16-19-8-4-5-11-22-19/h4-5,8,11,18,20H,2-3,6-7,9-10,12-17H2,1H3,(H,23,26)/t18-/m0/s1. The van der Waals surface area contributed by atoms with Crippen LogP contribution in [-0.4, -0.2) is 59.5 Å². The summed E-state index contributed by atoms with van der Waals surface area (Å²) in [5, 5.41) is 3.09. The molecule has 1 atom stereocenters. The maximum absolute atomic E-state index is 12.6. The average Bonchev–Trinajstić information content (AvgIpc) is 2.71. The van der Waals surface area contributed by atoms with Crippen molar-refractivity contribution in [3.63, 3.8) is 0 Å². The Morgan fingerprint density at radius 2 is 2.08 bits per heavy atom. The van der Waals surface area contributed by atoms with Gasteiger partial charge in [-0.15, -0.1) is 0 Å². The molecule has 5 nitrogen and oxygen atoms in total. The smallest absolute Gasteiger partial charge is 0.224 e. The second-order valence-electron chi connectivity index (χ2n) is 7.80. The van der Waals surface area contributed by atoms with Gasteiger partial charge in [0.1, 0.15) is 0 Å². The van der Waals surface area contributed by atoms with Gasteiger partial charge >= 0.3 is 0 Å². The topological polar surface area (TPSA) is 48.5 Å². The predicted octanol–water partition coefficient (Wildman–Crippen LogP) is 2.67. The SMILES string of the molecule is CCCCN1CCC(N2CCC[C@H](C(=O)NCc3ccccn3)C2)CC1. The summed E-state index contributed by atoms with van der Waals surface area (Å²) in [5.41, 5.74) is 0.924. The quantitative estimate of drug-likeness (QED) is 0.814. The van der Waals surface area contributed by atoms with Crippen molar-refractivity contribution >= 4 is 5.91 Å². The second-order valence-corrected chi connectivity index (χ2v) is 7.80. The van der Waals surface area contributed by atoms with E-state index in [2.05, 4.69) is 27.0 Å². The molecule has 1 aromatic heterocycles. The molecule has 26 heavy (non-hydrogen) atoms. The van der Waals surface area contributed by atoms with Gasteiger partial charge in [-0.25, -0.2) is 0 Å². The lowest BCUT2D eigenvalue weighted by Gasteiger charge is -2.42. The van der Waals surface area contributed by atoms with Crippen molar-refractivity contribution in [2.45, 2.75) is 58.0 Å². The van der Waals surface area contributed by atoms with Crippen LogP contribution >= 0.6 is 0 Å². The number of carbonyl (C=O) groups excluding carboxylic acids is 1. The highest BCUT2D eigenvalue weighted by molar-refractivity contribution is 5.78. The molecule has 0 aromatic carbocycles. The number of carbonyl (C=O) groups is 1. The van der Waals surface area contributed by atoms with Crippen molar-refractivity contribution < 1.29 is 4.79 Å². The van der Waals surface area contributed by atoms with Gasteiger partial charge in [0, 0.05) is 18.8 Å². The fraction of sp³-hybridized carbons (Fsp3) is 0.714. The first-order valence-electron chi connectivity index (χ1n) is 10.4. The minimum Gasteiger partial charge on any atom is -0.350 e. The summed E-state index contributed by atoms with van der Waals surface area (Å²) in [4.78, 5) is 22.1. The predicted molar refractivity (Wildman–Crippen MR) is 105 cm³/mol. The normalized spacial score (nSPS) is 23.0. The van der Waals surface area contributed by atoms with Gasteiger partial charge in [-0.3, -0.25) is 14.7 Å². The van der Waals surface area contributed by atoms with Crippen LogP contribution in [-0.2, 0) is 11.3 Å². The molecule has 0 spiro atoms. The zero-order valence-corrected chi connectivity index (χ0v) is 16.2. The Kier molecular flexibility index (Phi) is 7.44. The highest BCUT2D eigenvalue weighted by Crippen LogP contribution is 2.24. The van der Waals surface area contributed by atoms with Gasteiger partial charge in [0.25, 0.3) is 0 Å². The van der Waals surface area contributed by atoms with Gasteiger partial charge in [0.2, 0.25) is 5.91 Å². The number of piperidine rings is 2. The van der Waals surface area contributed by atoms with E-state index in [0.29, 0.717) is 12.6 Å². The summed E-state index contributed by atoms with van der Waals surface area (Å²) in [6.07, 6.45) is 9.03. The lowest BCUT2D eigenvalue weighted by molar-refractivity contribution is -0.127. The van der Waals surface area contributed by atoms with Crippen LogP contribution in [0.5, 0.6) is 0 Å². The van der Waals surface area contributed by atoms with Gasteiger partial charge in [0.05, 0.1) is 18.2 Å². The van der Waals surface area contributed by atoms with Crippen LogP contribution in [0.15, 0.2) is 24.4 Å². The lowest BCUT2D eigenvalue weighted by atomic mass is 9.93. The zero-order valence-electron chi connectivity index (χ0n) is 16.2. The molecule has 2 aliphatic rings. The number of hydrogen-bond acceptors (Lipinski definition) is 4. The molecule has 0 aliphatic carbocycles. The number of aromatic nitrogens is 1. The Balaban J connectivity index is 1.43. The highest BCUT2D eigenvalue weighted by atomic mass is 16.1. The van der Waals surface area contributed by atoms with E-state index in [1.807, 2.05) is 18.2 Å². The van der Waals surface area contributed by atoms with E-state index in [-0.39, 0.29) is 11.8 Å². The fourth-order valence-electron chi connectivity index (χ4n) is 4.27. The molecular weight excluding hydrogens is 324 g/mol. The van der Waals surface area contributed by atoms with E-state index >= 15 is 0 Å². The number of pyridine rings is 1. The van der Waals surface area contributed by atoms with Crippen molar-refractivity contribution in [1.29, 1.82) is 0 Å². The third kappa shape index (κ3) is 5.52. The summed E-state index contributed by atoms with van der Waals surface area (Å²) in [6, 6.07) is 6.49. The van der Waals surface area contributed by atoms with Gasteiger partial charge < -0.3 is 10.2 Å². The molecule has 5 heteroatoms.